The number of aliphatic hydroxyl groups excluding tert-OH is 1. The van der Waals surface area contributed by atoms with Crippen LogP contribution in [0.2, 0.25) is 0 Å². The van der Waals surface area contributed by atoms with Crippen LogP contribution in [-0.2, 0) is 4.74 Å². The summed E-state index contributed by atoms with van der Waals surface area (Å²) in [6, 6.07) is 4.20. The molecule has 4 N–H and O–H groups in total. The van der Waals surface area contributed by atoms with Crippen LogP contribution in [0.4, 0.5) is 10.3 Å². The number of primary amides is 1. The van der Waals surface area contributed by atoms with Gasteiger partial charge in [-0.25, -0.2) is 14.4 Å². The number of hydrogen-bond donors (Lipinski definition) is 3. The van der Waals surface area contributed by atoms with Crippen LogP contribution in [-0.4, -0.2) is 47.3 Å². The zero-order valence-electron chi connectivity index (χ0n) is 16.8. The maximum atomic E-state index is 13.7. The van der Waals surface area contributed by atoms with Crippen molar-refractivity contribution in [3.05, 3.63) is 41.5 Å². The molecule has 0 atom stereocenters. The van der Waals surface area contributed by atoms with Gasteiger partial charge < -0.3 is 20.9 Å². The molecule has 0 unspecified atom stereocenters. The van der Waals surface area contributed by atoms with Gasteiger partial charge in [-0.2, -0.15) is 0 Å². The summed E-state index contributed by atoms with van der Waals surface area (Å²) in [5, 5.41) is 11.7. The number of amides is 1. The minimum atomic E-state index is -0.822. The molecule has 0 saturated carbocycles. The molecule has 2 rings (SSSR count). The molecule has 0 fully saturated rings. The lowest BCUT2D eigenvalue weighted by molar-refractivity contribution is 0.0991. The maximum absolute atomic E-state index is 13.7. The molecule has 154 valence electrons. The number of anilines is 1. The lowest BCUT2D eigenvalue weighted by atomic mass is 9.97. The topological polar surface area (TPSA) is 110 Å². The second-order valence-corrected chi connectivity index (χ2v) is 5.97. The zero-order chi connectivity index (χ0) is 21.1. The Morgan fingerprint density at radius 2 is 2.04 bits per heavy atom. The third kappa shape index (κ3) is 6.54. The van der Waals surface area contributed by atoms with E-state index >= 15 is 0 Å². The SMILES string of the molecule is CC.CC(C)c1nc(NCCOCCO)ncc1-c1ccc(F)c(C(N)=O)c1. The number of aromatic nitrogens is 2. The number of aliphatic hydroxyl groups is 1. The van der Waals surface area contributed by atoms with Gasteiger partial charge in [0.1, 0.15) is 5.82 Å². The molecule has 0 saturated heterocycles. The monoisotopic (exact) mass is 392 g/mol. The quantitative estimate of drug-likeness (QED) is 0.566. The summed E-state index contributed by atoms with van der Waals surface area (Å²) in [6.07, 6.45) is 1.64. The van der Waals surface area contributed by atoms with E-state index in [9.17, 15) is 9.18 Å². The molecule has 0 radical (unpaired) electrons. The highest BCUT2D eigenvalue weighted by atomic mass is 19.1. The second kappa shape index (κ2) is 12.0. The zero-order valence-corrected chi connectivity index (χ0v) is 16.8. The summed E-state index contributed by atoms with van der Waals surface area (Å²) in [6.45, 7) is 9.15. The highest BCUT2D eigenvalue weighted by Crippen LogP contribution is 2.29. The summed E-state index contributed by atoms with van der Waals surface area (Å²) in [5.74, 6) is -0.949. The number of carbonyl (C=O) groups excluding carboxylic acids is 1. The number of ether oxygens (including phenoxy) is 1. The molecule has 7 nitrogen and oxygen atoms in total. The van der Waals surface area contributed by atoms with Crippen molar-refractivity contribution in [3.8, 4) is 11.1 Å². The fourth-order valence-corrected chi connectivity index (χ4v) is 2.43. The molecule has 0 aliphatic rings. The molecule has 0 aliphatic heterocycles. The fourth-order valence-electron chi connectivity index (χ4n) is 2.43. The molecule has 1 heterocycles. The lowest BCUT2D eigenvalue weighted by Gasteiger charge is -2.14. The van der Waals surface area contributed by atoms with E-state index in [1.165, 1.54) is 12.1 Å². The summed E-state index contributed by atoms with van der Waals surface area (Å²) in [7, 11) is 0. The Hall–Kier alpha value is -2.58. The average Bonchev–Trinajstić information content (AvgIpc) is 2.69. The Balaban J connectivity index is 0.00000190. The van der Waals surface area contributed by atoms with E-state index in [-0.39, 0.29) is 24.7 Å². The molecular weight excluding hydrogens is 363 g/mol. The summed E-state index contributed by atoms with van der Waals surface area (Å²) in [4.78, 5) is 20.2. The Morgan fingerprint density at radius 1 is 1.32 bits per heavy atom. The standard InChI is InChI=1S/C18H23FN4O3.C2H6/c1-11(2)16-14(12-3-4-15(19)13(9-12)17(20)25)10-22-18(23-16)21-5-7-26-8-6-24;1-2/h3-4,9-11,24H,5-8H2,1-2H3,(H2,20,25)(H,21,22,23);1-2H3. The number of nitrogens with zero attached hydrogens (tertiary/aromatic N) is 2. The van der Waals surface area contributed by atoms with Crippen LogP contribution in [0, 0.1) is 5.82 Å². The number of rotatable bonds is 9. The van der Waals surface area contributed by atoms with E-state index in [1.807, 2.05) is 27.7 Å². The molecule has 1 aromatic heterocycles. The van der Waals surface area contributed by atoms with Crippen molar-refractivity contribution in [2.75, 3.05) is 31.7 Å². The molecule has 0 bridgehead atoms. The first-order valence-electron chi connectivity index (χ1n) is 9.33. The first-order valence-corrected chi connectivity index (χ1v) is 9.33. The van der Waals surface area contributed by atoms with Crippen LogP contribution in [0.25, 0.3) is 11.1 Å². The van der Waals surface area contributed by atoms with Crippen molar-refractivity contribution < 1.29 is 19.0 Å². The molecule has 28 heavy (non-hydrogen) atoms. The predicted molar refractivity (Wildman–Crippen MR) is 108 cm³/mol. The Morgan fingerprint density at radius 3 is 2.64 bits per heavy atom. The van der Waals surface area contributed by atoms with E-state index in [4.69, 9.17) is 15.6 Å². The number of benzene rings is 1. The third-order valence-electron chi connectivity index (χ3n) is 3.67. The number of hydrogen-bond acceptors (Lipinski definition) is 6. The number of carbonyl (C=O) groups is 1. The largest absolute Gasteiger partial charge is 0.394 e. The van der Waals surface area contributed by atoms with Gasteiger partial charge in [-0.3, -0.25) is 4.79 Å². The van der Waals surface area contributed by atoms with Gasteiger partial charge in [0.05, 0.1) is 31.1 Å². The first-order chi connectivity index (χ1) is 13.4. The van der Waals surface area contributed by atoms with Gasteiger partial charge in [0, 0.05) is 18.3 Å². The first kappa shape index (κ1) is 23.5. The average molecular weight is 392 g/mol. The fraction of sp³-hybridized carbons (Fsp3) is 0.450. The molecule has 2 aromatic rings. The van der Waals surface area contributed by atoms with E-state index < -0.39 is 11.7 Å². The number of halogens is 1. The van der Waals surface area contributed by atoms with Gasteiger partial charge in [0.2, 0.25) is 5.95 Å². The highest BCUT2D eigenvalue weighted by molar-refractivity contribution is 5.94. The summed E-state index contributed by atoms with van der Waals surface area (Å²) < 4.78 is 18.9. The Bertz CT molecular complexity index is 769. The van der Waals surface area contributed by atoms with Crippen LogP contribution in [0.15, 0.2) is 24.4 Å². The van der Waals surface area contributed by atoms with Gasteiger partial charge in [0.25, 0.3) is 5.91 Å². The van der Waals surface area contributed by atoms with Crippen LogP contribution in [0.3, 0.4) is 0 Å². The van der Waals surface area contributed by atoms with E-state index in [0.717, 1.165) is 5.69 Å². The third-order valence-corrected chi connectivity index (χ3v) is 3.67. The normalized spacial score (nSPS) is 10.4. The van der Waals surface area contributed by atoms with Crippen molar-refractivity contribution in [1.29, 1.82) is 0 Å². The van der Waals surface area contributed by atoms with Crippen LogP contribution >= 0.6 is 0 Å². The minimum absolute atomic E-state index is 0.0202. The molecule has 0 aliphatic carbocycles. The van der Waals surface area contributed by atoms with Gasteiger partial charge in [-0.15, -0.1) is 0 Å². The summed E-state index contributed by atoms with van der Waals surface area (Å²) in [5.41, 5.74) is 7.16. The predicted octanol–water partition coefficient (Wildman–Crippen LogP) is 2.95. The van der Waals surface area contributed by atoms with Crippen molar-refractivity contribution in [3.63, 3.8) is 0 Å². The molecule has 8 heteroatoms. The number of nitrogens with one attached hydrogen (secondary N) is 1. The van der Waals surface area contributed by atoms with E-state index in [0.29, 0.717) is 30.2 Å². The highest BCUT2D eigenvalue weighted by Gasteiger charge is 2.16. The Kier molecular flexibility index (Phi) is 10.0. The molecule has 1 amide bonds. The second-order valence-electron chi connectivity index (χ2n) is 5.97. The number of nitrogens with two attached hydrogens (primary N) is 1. The lowest BCUT2D eigenvalue weighted by Crippen LogP contribution is -2.14. The van der Waals surface area contributed by atoms with Crippen LogP contribution in [0.5, 0.6) is 0 Å². The van der Waals surface area contributed by atoms with Crippen molar-refractivity contribution in [2.24, 2.45) is 5.73 Å². The smallest absolute Gasteiger partial charge is 0.251 e. The summed E-state index contributed by atoms with van der Waals surface area (Å²) >= 11 is 0. The molecule has 1 aromatic carbocycles. The van der Waals surface area contributed by atoms with Gasteiger partial charge >= 0.3 is 0 Å². The van der Waals surface area contributed by atoms with Crippen LogP contribution < -0.4 is 11.1 Å². The molecule has 0 spiro atoms. The molecular formula is C20H29FN4O3. The maximum Gasteiger partial charge on any atom is 0.251 e. The van der Waals surface area contributed by atoms with Crippen LogP contribution in [0.1, 0.15) is 49.7 Å². The van der Waals surface area contributed by atoms with Gasteiger partial charge in [-0.1, -0.05) is 33.8 Å². The van der Waals surface area contributed by atoms with Crippen molar-refractivity contribution >= 4 is 11.9 Å². The van der Waals surface area contributed by atoms with Crippen molar-refractivity contribution in [1.82, 2.24) is 9.97 Å². The Labute approximate surface area is 165 Å². The van der Waals surface area contributed by atoms with E-state index in [1.54, 1.807) is 12.3 Å². The van der Waals surface area contributed by atoms with Gasteiger partial charge in [0.15, 0.2) is 0 Å². The van der Waals surface area contributed by atoms with Crippen molar-refractivity contribution in [2.45, 2.75) is 33.6 Å². The minimum Gasteiger partial charge on any atom is -0.394 e. The van der Waals surface area contributed by atoms with E-state index in [2.05, 4.69) is 15.3 Å². The van der Waals surface area contributed by atoms with Gasteiger partial charge in [-0.05, 0) is 23.6 Å².